The van der Waals surface area contributed by atoms with Gasteiger partial charge in [-0.05, 0) is 23.8 Å². The Morgan fingerprint density at radius 1 is 1.30 bits per heavy atom. The highest BCUT2D eigenvalue weighted by atomic mass is 32.2. The smallest absolute Gasteiger partial charge is 0.286 e. The maximum Gasteiger partial charge on any atom is 0.286 e. The van der Waals surface area contributed by atoms with Crippen molar-refractivity contribution in [2.75, 3.05) is 11.9 Å². The first-order valence-electron chi connectivity index (χ1n) is 7.16. The van der Waals surface area contributed by atoms with E-state index in [9.17, 15) is 9.59 Å². The number of thioether (sulfide) groups is 1. The fourth-order valence-corrected chi connectivity index (χ4v) is 4.60. The third kappa shape index (κ3) is 2.35. The van der Waals surface area contributed by atoms with Crippen molar-refractivity contribution in [2.24, 2.45) is 0 Å². The Kier molecular flexibility index (Phi) is 3.72. The quantitative estimate of drug-likeness (QED) is 0.625. The lowest BCUT2D eigenvalue weighted by Crippen LogP contribution is -2.44. The summed E-state index contributed by atoms with van der Waals surface area (Å²) in [6.07, 6.45) is 0. The summed E-state index contributed by atoms with van der Waals surface area (Å²) in [6, 6.07) is 8.10. The summed E-state index contributed by atoms with van der Waals surface area (Å²) in [4.78, 5) is 26.6. The van der Waals surface area contributed by atoms with Crippen LogP contribution in [0.1, 0.15) is 26.3 Å². The minimum atomic E-state index is -0.324. The molecule has 2 heterocycles. The standard InChI is InChI=1S/C16H17N3O2S2/c1-9(20)17-19-14(21)12(23-15(19)22)13-16(2,3)10-7-5-6-8-11(10)18(13)4/h5-8H,1-4H3,(H,17,20)/b13-12+. The number of likely N-dealkylation sites (N-methyl/N-ethyl adjacent to an activating group) is 1. The molecule has 2 amide bonds. The Bertz CT molecular complexity index is 770. The Balaban J connectivity index is 2.11. The van der Waals surface area contributed by atoms with Crippen molar-refractivity contribution in [3.63, 3.8) is 0 Å². The fourth-order valence-electron chi connectivity index (χ4n) is 3.16. The molecular weight excluding hydrogens is 330 g/mol. The van der Waals surface area contributed by atoms with E-state index in [0.717, 1.165) is 16.4 Å². The summed E-state index contributed by atoms with van der Waals surface area (Å²) in [5.74, 6) is -0.604. The first-order chi connectivity index (χ1) is 10.7. The molecule has 0 bridgehead atoms. The van der Waals surface area contributed by atoms with Crippen molar-refractivity contribution in [1.29, 1.82) is 0 Å². The molecular formula is C16H17N3O2S2. The zero-order valence-corrected chi connectivity index (χ0v) is 15.0. The molecule has 0 saturated carbocycles. The fraction of sp³-hybridized carbons (Fsp3) is 0.312. The highest BCUT2D eigenvalue weighted by Crippen LogP contribution is 2.50. The molecule has 0 atom stereocenters. The molecule has 0 radical (unpaired) electrons. The number of nitrogens with zero attached hydrogens (tertiary/aromatic N) is 2. The molecule has 1 N–H and O–H groups in total. The summed E-state index contributed by atoms with van der Waals surface area (Å²) in [5.41, 5.74) is 5.33. The average molecular weight is 347 g/mol. The molecule has 0 aromatic heterocycles. The van der Waals surface area contributed by atoms with Crippen molar-refractivity contribution < 1.29 is 9.59 Å². The van der Waals surface area contributed by atoms with Gasteiger partial charge in [-0.2, -0.15) is 5.01 Å². The van der Waals surface area contributed by atoms with Gasteiger partial charge in [-0.3, -0.25) is 15.0 Å². The van der Waals surface area contributed by atoms with Crippen molar-refractivity contribution in [3.05, 3.63) is 40.4 Å². The first kappa shape index (κ1) is 16.0. The Morgan fingerprint density at radius 2 is 1.96 bits per heavy atom. The number of fused-ring (bicyclic) bond motifs is 1. The number of para-hydroxylation sites is 1. The molecule has 1 aromatic rings. The molecule has 3 rings (SSSR count). The number of amides is 2. The van der Waals surface area contributed by atoms with Gasteiger partial charge in [0.05, 0.1) is 0 Å². The second kappa shape index (κ2) is 5.35. The summed E-state index contributed by atoms with van der Waals surface area (Å²) >= 11 is 6.48. The number of thiocarbonyl (C=S) groups is 1. The van der Waals surface area contributed by atoms with Gasteiger partial charge < -0.3 is 4.90 Å². The van der Waals surface area contributed by atoms with Gasteiger partial charge in [0.25, 0.3) is 5.91 Å². The van der Waals surface area contributed by atoms with E-state index < -0.39 is 0 Å². The molecule has 1 saturated heterocycles. The predicted octanol–water partition coefficient (Wildman–Crippen LogP) is 2.54. The number of hydrogen-bond acceptors (Lipinski definition) is 5. The Morgan fingerprint density at radius 3 is 2.57 bits per heavy atom. The van der Waals surface area contributed by atoms with Gasteiger partial charge in [0, 0.05) is 30.8 Å². The van der Waals surface area contributed by atoms with Crippen LogP contribution in [0.4, 0.5) is 5.69 Å². The van der Waals surface area contributed by atoms with Crippen molar-refractivity contribution in [2.45, 2.75) is 26.2 Å². The highest BCUT2D eigenvalue weighted by Gasteiger charge is 2.45. The van der Waals surface area contributed by atoms with Crippen LogP contribution < -0.4 is 10.3 Å². The lowest BCUT2D eigenvalue weighted by molar-refractivity contribution is -0.132. The van der Waals surface area contributed by atoms with Crippen LogP contribution in [0.2, 0.25) is 0 Å². The minimum Gasteiger partial charge on any atom is -0.346 e. The number of carbonyl (C=O) groups excluding carboxylic acids is 2. The van der Waals surface area contributed by atoms with Gasteiger partial charge >= 0.3 is 0 Å². The third-order valence-corrected chi connectivity index (χ3v) is 5.48. The largest absolute Gasteiger partial charge is 0.346 e. The van der Waals surface area contributed by atoms with E-state index in [4.69, 9.17) is 12.2 Å². The van der Waals surface area contributed by atoms with Crippen molar-refractivity contribution >= 4 is 45.8 Å². The van der Waals surface area contributed by atoms with E-state index in [1.54, 1.807) is 0 Å². The van der Waals surface area contributed by atoms with Gasteiger partial charge in [0.2, 0.25) is 5.91 Å². The minimum absolute atomic E-state index is 0.280. The summed E-state index contributed by atoms with van der Waals surface area (Å²) in [5, 5.41) is 1.15. The maximum atomic E-state index is 12.7. The molecule has 2 aliphatic rings. The number of benzene rings is 1. The second-order valence-corrected chi connectivity index (χ2v) is 7.70. The number of nitrogens with one attached hydrogen (secondary N) is 1. The normalized spacial score (nSPS) is 22.6. The van der Waals surface area contributed by atoms with E-state index >= 15 is 0 Å². The van der Waals surface area contributed by atoms with E-state index in [1.807, 2.05) is 30.1 Å². The van der Waals surface area contributed by atoms with Crippen LogP contribution in [0.5, 0.6) is 0 Å². The molecule has 1 aromatic carbocycles. The zero-order chi connectivity index (χ0) is 16.9. The topological polar surface area (TPSA) is 52.7 Å². The average Bonchev–Trinajstić information content (AvgIpc) is 2.85. The van der Waals surface area contributed by atoms with Gasteiger partial charge in [-0.15, -0.1) is 0 Å². The predicted molar refractivity (Wildman–Crippen MR) is 95.7 cm³/mol. The SMILES string of the molecule is CC(=O)NN1C(=O)/C(=C2\N(C)c3ccccc3C2(C)C)SC1=S. The van der Waals surface area contributed by atoms with Crippen LogP contribution in [0, 0.1) is 0 Å². The number of anilines is 1. The summed E-state index contributed by atoms with van der Waals surface area (Å²) < 4.78 is 0.341. The molecule has 23 heavy (non-hydrogen) atoms. The van der Waals surface area contributed by atoms with Gasteiger partial charge in [0.15, 0.2) is 4.32 Å². The van der Waals surface area contributed by atoms with E-state index in [2.05, 4.69) is 25.3 Å². The molecule has 0 aliphatic carbocycles. The molecule has 1 fully saturated rings. The van der Waals surface area contributed by atoms with E-state index in [-0.39, 0.29) is 17.2 Å². The number of allylic oxidation sites excluding steroid dienone is 1. The molecule has 0 unspecified atom stereocenters. The summed E-state index contributed by atoms with van der Waals surface area (Å²) in [7, 11) is 1.95. The molecule has 120 valence electrons. The monoisotopic (exact) mass is 347 g/mol. The van der Waals surface area contributed by atoms with E-state index in [0.29, 0.717) is 9.23 Å². The number of carbonyl (C=O) groups is 2. The number of rotatable bonds is 1. The zero-order valence-electron chi connectivity index (χ0n) is 13.3. The summed E-state index contributed by atoms with van der Waals surface area (Å²) in [6.45, 7) is 5.54. The van der Waals surface area contributed by atoms with Crippen LogP contribution in [0.25, 0.3) is 0 Å². The van der Waals surface area contributed by atoms with E-state index in [1.165, 1.54) is 24.2 Å². The third-order valence-electron chi connectivity index (χ3n) is 4.12. The van der Waals surface area contributed by atoms with Gasteiger partial charge in [-0.1, -0.05) is 43.8 Å². The van der Waals surface area contributed by atoms with Crippen LogP contribution in [-0.4, -0.2) is 28.2 Å². The van der Waals surface area contributed by atoms with Gasteiger partial charge in [-0.25, -0.2) is 0 Å². The maximum absolute atomic E-state index is 12.7. The van der Waals surface area contributed by atoms with Crippen LogP contribution in [-0.2, 0) is 15.0 Å². The number of hydrazine groups is 1. The molecule has 0 spiro atoms. The van der Waals surface area contributed by atoms with Crippen molar-refractivity contribution in [1.82, 2.24) is 10.4 Å². The van der Waals surface area contributed by atoms with Crippen LogP contribution in [0.3, 0.4) is 0 Å². The molecule has 2 aliphatic heterocycles. The Hall–Kier alpha value is -1.86. The van der Waals surface area contributed by atoms with Crippen molar-refractivity contribution in [3.8, 4) is 0 Å². The lowest BCUT2D eigenvalue weighted by Gasteiger charge is -2.25. The molecule has 5 nitrogen and oxygen atoms in total. The first-order valence-corrected chi connectivity index (χ1v) is 8.39. The van der Waals surface area contributed by atoms with Gasteiger partial charge in [0.1, 0.15) is 4.91 Å². The second-order valence-electron chi connectivity index (χ2n) is 6.06. The Labute approximate surface area is 144 Å². The highest BCUT2D eigenvalue weighted by molar-refractivity contribution is 8.26. The van der Waals surface area contributed by atoms with Crippen LogP contribution >= 0.6 is 24.0 Å². The lowest BCUT2D eigenvalue weighted by atomic mass is 9.83. The number of hydrogen-bond donors (Lipinski definition) is 1. The molecule has 7 heteroatoms. The van der Waals surface area contributed by atoms with Crippen LogP contribution in [0.15, 0.2) is 34.9 Å².